The molecular weight excluding hydrogens is 461 g/mol. The molecule has 1 atom stereocenters. The van der Waals surface area contributed by atoms with Gasteiger partial charge in [-0.25, -0.2) is 14.4 Å². The lowest BCUT2D eigenvalue weighted by molar-refractivity contribution is -0.136. The largest absolute Gasteiger partial charge is 0.368 e. The minimum atomic E-state index is -0.229. The van der Waals surface area contributed by atoms with E-state index in [4.69, 9.17) is 0 Å². The zero-order chi connectivity index (χ0) is 24.2. The molecule has 2 aliphatic heterocycles. The van der Waals surface area contributed by atoms with Gasteiger partial charge in [-0.15, -0.1) is 0 Å². The lowest BCUT2D eigenvalue weighted by Crippen LogP contribution is -2.52. The van der Waals surface area contributed by atoms with E-state index in [1.807, 2.05) is 4.90 Å². The van der Waals surface area contributed by atoms with Crippen LogP contribution in [0.25, 0.3) is 0 Å². The molecule has 0 unspecified atom stereocenters. The van der Waals surface area contributed by atoms with E-state index in [0.717, 1.165) is 53.9 Å². The van der Waals surface area contributed by atoms with E-state index >= 15 is 0 Å². The van der Waals surface area contributed by atoms with E-state index in [2.05, 4.69) is 51.0 Å². The summed E-state index contributed by atoms with van der Waals surface area (Å²) in [6.07, 6.45) is 5.31. The maximum Gasteiger partial charge on any atom is 0.227 e. The van der Waals surface area contributed by atoms with E-state index < -0.39 is 0 Å². The van der Waals surface area contributed by atoms with Gasteiger partial charge in [0.15, 0.2) is 5.82 Å². The van der Waals surface area contributed by atoms with Gasteiger partial charge in [-0.05, 0) is 56.2 Å². The van der Waals surface area contributed by atoms with Gasteiger partial charge >= 0.3 is 0 Å². The number of aryl methyl sites for hydroxylation is 1. The van der Waals surface area contributed by atoms with Crippen molar-refractivity contribution in [1.82, 2.24) is 14.9 Å². The van der Waals surface area contributed by atoms with Gasteiger partial charge in [0, 0.05) is 62.2 Å². The highest BCUT2D eigenvalue weighted by molar-refractivity contribution is 7.99. The molecule has 8 heteroatoms. The third kappa shape index (κ3) is 5.59. The van der Waals surface area contributed by atoms with E-state index in [9.17, 15) is 9.18 Å². The van der Waals surface area contributed by atoms with E-state index in [0.29, 0.717) is 19.6 Å². The standard InChI is InChI=1S/C27H30FN5OS/c1-20-4-10-24(11-5-20)35-26-25(29-12-13-30-26)33-14-2-3-21(19-33)27(34)32-17-15-31(16-18-32)23-8-6-22(28)7-9-23/h4-13,21H,2-3,14-19H2,1H3/t21-/m0/s1. The monoisotopic (exact) mass is 491 g/mol. The molecule has 3 aromatic rings. The molecular formula is C27H30FN5OS. The van der Waals surface area contributed by atoms with Crippen LogP contribution in [0.4, 0.5) is 15.9 Å². The lowest BCUT2D eigenvalue weighted by atomic mass is 9.96. The molecule has 1 aromatic heterocycles. The van der Waals surface area contributed by atoms with Crippen LogP contribution in [-0.4, -0.2) is 60.0 Å². The van der Waals surface area contributed by atoms with Crippen LogP contribution in [0.1, 0.15) is 18.4 Å². The molecule has 2 fully saturated rings. The Hall–Kier alpha value is -3.13. The first-order chi connectivity index (χ1) is 17.1. The van der Waals surface area contributed by atoms with Gasteiger partial charge in [0.2, 0.25) is 5.91 Å². The summed E-state index contributed by atoms with van der Waals surface area (Å²) in [4.78, 5) is 30.2. The Labute approximate surface area is 210 Å². The molecule has 0 aliphatic carbocycles. The second-order valence-electron chi connectivity index (χ2n) is 9.17. The molecule has 182 valence electrons. The number of rotatable bonds is 5. The minimum Gasteiger partial charge on any atom is -0.368 e. The number of aromatic nitrogens is 2. The SMILES string of the molecule is Cc1ccc(Sc2nccnc2N2CCC[C@H](C(=O)N3CCN(c4ccc(F)cc4)CC3)C2)cc1. The number of nitrogens with zero attached hydrogens (tertiary/aromatic N) is 5. The second kappa shape index (κ2) is 10.6. The van der Waals surface area contributed by atoms with Crippen molar-refractivity contribution < 1.29 is 9.18 Å². The van der Waals surface area contributed by atoms with Crippen LogP contribution in [-0.2, 0) is 4.79 Å². The average Bonchev–Trinajstić information content (AvgIpc) is 2.90. The Morgan fingerprint density at radius 3 is 2.37 bits per heavy atom. The Morgan fingerprint density at radius 2 is 1.63 bits per heavy atom. The number of carbonyl (C=O) groups is 1. The Bertz CT molecular complexity index is 1150. The smallest absolute Gasteiger partial charge is 0.227 e. The topological polar surface area (TPSA) is 52.6 Å². The third-order valence-corrected chi connectivity index (χ3v) is 7.72. The first-order valence-corrected chi connectivity index (χ1v) is 13.0. The maximum atomic E-state index is 13.4. The van der Waals surface area contributed by atoms with E-state index in [-0.39, 0.29) is 17.6 Å². The molecule has 0 N–H and O–H groups in total. The van der Waals surface area contributed by atoms with Crippen LogP contribution in [0.15, 0.2) is 70.8 Å². The van der Waals surface area contributed by atoms with Gasteiger partial charge in [-0.3, -0.25) is 4.79 Å². The van der Waals surface area contributed by atoms with Crippen molar-refractivity contribution in [3.63, 3.8) is 0 Å². The van der Waals surface area contributed by atoms with Crippen LogP contribution in [0.3, 0.4) is 0 Å². The predicted octanol–water partition coefficient (Wildman–Crippen LogP) is 4.64. The summed E-state index contributed by atoms with van der Waals surface area (Å²) >= 11 is 1.61. The molecule has 0 saturated carbocycles. The normalized spacial score (nSPS) is 18.6. The van der Waals surface area contributed by atoms with Gasteiger partial charge in [0.25, 0.3) is 0 Å². The van der Waals surface area contributed by atoms with Crippen LogP contribution in [0.2, 0.25) is 0 Å². The van der Waals surface area contributed by atoms with Crippen LogP contribution >= 0.6 is 11.8 Å². The summed E-state index contributed by atoms with van der Waals surface area (Å²) in [6.45, 7) is 6.51. The predicted molar refractivity (Wildman–Crippen MR) is 137 cm³/mol. The van der Waals surface area contributed by atoms with Gasteiger partial charge in [0.1, 0.15) is 10.8 Å². The van der Waals surface area contributed by atoms with Gasteiger partial charge in [-0.1, -0.05) is 29.5 Å². The molecule has 0 bridgehead atoms. The zero-order valence-corrected chi connectivity index (χ0v) is 20.8. The molecule has 1 amide bonds. The first kappa shape index (κ1) is 23.6. The highest BCUT2D eigenvalue weighted by Gasteiger charge is 2.32. The number of piperidine rings is 1. The molecule has 0 radical (unpaired) electrons. The number of halogens is 1. The second-order valence-corrected chi connectivity index (χ2v) is 10.2. The number of piperazine rings is 1. The summed E-state index contributed by atoms with van der Waals surface area (Å²) in [5, 5.41) is 0.873. The molecule has 0 spiro atoms. The van der Waals surface area contributed by atoms with Crippen molar-refractivity contribution in [3.8, 4) is 0 Å². The molecule has 2 aliphatic rings. The number of anilines is 2. The number of amides is 1. The van der Waals surface area contributed by atoms with Gasteiger partial charge in [0.05, 0.1) is 5.92 Å². The summed E-state index contributed by atoms with van der Waals surface area (Å²) in [6, 6.07) is 15.0. The summed E-state index contributed by atoms with van der Waals surface area (Å²) in [7, 11) is 0. The summed E-state index contributed by atoms with van der Waals surface area (Å²) in [5.74, 6) is 0.815. The Morgan fingerprint density at radius 1 is 0.914 bits per heavy atom. The zero-order valence-electron chi connectivity index (χ0n) is 19.9. The van der Waals surface area contributed by atoms with Crippen molar-refractivity contribution in [2.24, 2.45) is 5.92 Å². The first-order valence-electron chi connectivity index (χ1n) is 12.2. The number of hydrogen-bond acceptors (Lipinski definition) is 6. The van der Waals surface area contributed by atoms with Crippen molar-refractivity contribution in [2.45, 2.75) is 29.7 Å². The van der Waals surface area contributed by atoms with E-state index in [1.54, 1.807) is 36.3 Å². The number of hydrogen-bond donors (Lipinski definition) is 0. The van der Waals surface area contributed by atoms with Crippen molar-refractivity contribution in [1.29, 1.82) is 0 Å². The van der Waals surface area contributed by atoms with E-state index in [1.165, 1.54) is 17.7 Å². The highest BCUT2D eigenvalue weighted by Crippen LogP contribution is 2.34. The quantitative estimate of drug-likeness (QED) is 0.518. The van der Waals surface area contributed by atoms with Crippen LogP contribution in [0, 0.1) is 18.7 Å². The number of carbonyl (C=O) groups excluding carboxylic acids is 1. The van der Waals surface area contributed by atoms with Gasteiger partial charge < -0.3 is 14.7 Å². The number of benzene rings is 2. The van der Waals surface area contributed by atoms with Crippen LogP contribution < -0.4 is 9.80 Å². The van der Waals surface area contributed by atoms with Crippen molar-refractivity contribution in [2.75, 3.05) is 49.1 Å². The minimum absolute atomic E-state index is 0.0413. The fourth-order valence-corrected chi connectivity index (χ4v) is 5.67. The molecule has 2 aromatic carbocycles. The summed E-state index contributed by atoms with van der Waals surface area (Å²) in [5.41, 5.74) is 2.23. The lowest BCUT2D eigenvalue weighted by Gasteiger charge is -2.40. The fourth-order valence-electron chi connectivity index (χ4n) is 4.79. The summed E-state index contributed by atoms with van der Waals surface area (Å²) < 4.78 is 13.2. The Kier molecular flexibility index (Phi) is 7.18. The van der Waals surface area contributed by atoms with Crippen molar-refractivity contribution in [3.05, 3.63) is 72.3 Å². The highest BCUT2D eigenvalue weighted by atomic mass is 32.2. The van der Waals surface area contributed by atoms with Gasteiger partial charge in [-0.2, -0.15) is 0 Å². The molecule has 35 heavy (non-hydrogen) atoms. The maximum absolute atomic E-state index is 13.4. The van der Waals surface area contributed by atoms with Crippen molar-refractivity contribution >= 4 is 29.2 Å². The molecule has 5 rings (SSSR count). The average molecular weight is 492 g/mol. The molecule has 6 nitrogen and oxygen atoms in total. The molecule has 3 heterocycles. The Balaban J connectivity index is 1.22. The third-order valence-electron chi connectivity index (χ3n) is 6.74. The fraction of sp³-hybridized carbons (Fsp3) is 0.370. The molecule has 2 saturated heterocycles. The van der Waals surface area contributed by atoms with Crippen LogP contribution in [0.5, 0.6) is 0 Å².